The molecule has 0 spiro atoms. The van der Waals surface area contributed by atoms with E-state index in [4.69, 9.17) is 10.8 Å². The van der Waals surface area contributed by atoms with Crippen molar-refractivity contribution < 1.29 is 15.3 Å². The summed E-state index contributed by atoms with van der Waals surface area (Å²) in [6, 6.07) is 1.97. The Kier molecular flexibility index (Phi) is 3.80. The summed E-state index contributed by atoms with van der Waals surface area (Å²) < 4.78 is 0. The van der Waals surface area contributed by atoms with E-state index in [0.29, 0.717) is 12.0 Å². The fraction of sp³-hybridized carbons (Fsp3) is 0.455. The second-order valence-electron chi connectivity index (χ2n) is 3.65. The van der Waals surface area contributed by atoms with E-state index < -0.39 is 6.04 Å². The Morgan fingerprint density at radius 3 is 2.20 bits per heavy atom. The Balaban J connectivity index is 2.92. The van der Waals surface area contributed by atoms with Crippen LogP contribution in [0.1, 0.15) is 37.8 Å². The summed E-state index contributed by atoms with van der Waals surface area (Å²) in [6.45, 7) is 2.04. The number of phenolic OH excluding ortho intramolecular Hbond substituents is 3. The number of hydrogen-bond acceptors (Lipinski definition) is 4. The summed E-state index contributed by atoms with van der Waals surface area (Å²) in [6.07, 6.45) is 2.64. The first kappa shape index (κ1) is 11.7. The van der Waals surface area contributed by atoms with Crippen molar-refractivity contribution >= 4 is 0 Å². The van der Waals surface area contributed by atoms with Crippen molar-refractivity contribution in [2.45, 2.75) is 32.2 Å². The molecule has 0 unspecified atom stereocenters. The maximum Gasteiger partial charge on any atom is 0.127 e. The second-order valence-corrected chi connectivity index (χ2v) is 3.65. The van der Waals surface area contributed by atoms with Crippen molar-refractivity contribution in [1.29, 1.82) is 0 Å². The van der Waals surface area contributed by atoms with Gasteiger partial charge in [-0.3, -0.25) is 0 Å². The quantitative estimate of drug-likeness (QED) is 0.613. The van der Waals surface area contributed by atoms with E-state index in [1.165, 1.54) is 12.1 Å². The minimum Gasteiger partial charge on any atom is -0.508 e. The maximum atomic E-state index is 9.54. The average molecular weight is 211 g/mol. The highest BCUT2D eigenvalue weighted by atomic mass is 16.3. The molecule has 0 aliphatic heterocycles. The molecule has 0 saturated carbocycles. The minimum absolute atomic E-state index is 0.156. The number of hydrogen-bond donors (Lipinski definition) is 4. The summed E-state index contributed by atoms with van der Waals surface area (Å²) >= 11 is 0. The fourth-order valence-electron chi connectivity index (χ4n) is 1.56. The number of phenols is 3. The first-order valence-electron chi connectivity index (χ1n) is 5.06. The van der Waals surface area contributed by atoms with Gasteiger partial charge in [-0.15, -0.1) is 0 Å². The summed E-state index contributed by atoms with van der Waals surface area (Å²) in [5.74, 6) is -0.483. The van der Waals surface area contributed by atoms with Gasteiger partial charge in [0, 0.05) is 18.2 Å². The number of unbranched alkanes of at least 4 members (excludes halogenated alkanes) is 1. The maximum absolute atomic E-state index is 9.54. The molecule has 0 fully saturated rings. The van der Waals surface area contributed by atoms with E-state index in [0.717, 1.165) is 12.8 Å². The van der Waals surface area contributed by atoms with E-state index in [9.17, 15) is 10.2 Å². The molecule has 1 aromatic carbocycles. The van der Waals surface area contributed by atoms with Gasteiger partial charge in [-0.25, -0.2) is 0 Å². The highest BCUT2D eigenvalue weighted by Crippen LogP contribution is 2.37. The Morgan fingerprint density at radius 1 is 1.20 bits per heavy atom. The van der Waals surface area contributed by atoms with Crippen LogP contribution in [0.2, 0.25) is 0 Å². The van der Waals surface area contributed by atoms with Crippen LogP contribution >= 0.6 is 0 Å². The van der Waals surface area contributed by atoms with Crippen LogP contribution in [0.15, 0.2) is 12.1 Å². The van der Waals surface area contributed by atoms with Gasteiger partial charge in [0.1, 0.15) is 17.2 Å². The lowest BCUT2D eigenvalue weighted by atomic mass is 10.00. The predicted octanol–water partition coefficient (Wildman–Crippen LogP) is 1.99. The monoisotopic (exact) mass is 211 g/mol. The van der Waals surface area contributed by atoms with Crippen molar-refractivity contribution in [3.05, 3.63) is 17.7 Å². The lowest BCUT2D eigenvalue weighted by Crippen LogP contribution is -2.10. The third-order valence-corrected chi connectivity index (χ3v) is 2.36. The zero-order valence-corrected chi connectivity index (χ0v) is 8.77. The molecule has 0 amide bonds. The SMILES string of the molecule is CCCC[C@H](N)c1c(O)cc(O)cc1O. The van der Waals surface area contributed by atoms with Crippen LogP contribution in [0.5, 0.6) is 17.2 Å². The van der Waals surface area contributed by atoms with Crippen molar-refractivity contribution in [2.24, 2.45) is 5.73 Å². The van der Waals surface area contributed by atoms with Crippen LogP contribution < -0.4 is 5.73 Å². The zero-order valence-electron chi connectivity index (χ0n) is 8.77. The van der Waals surface area contributed by atoms with Gasteiger partial charge in [0.15, 0.2) is 0 Å². The highest BCUT2D eigenvalue weighted by Gasteiger charge is 2.16. The smallest absolute Gasteiger partial charge is 0.127 e. The van der Waals surface area contributed by atoms with Crippen molar-refractivity contribution in [3.63, 3.8) is 0 Å². The number of benzene rings is 1. The molecule has 4 nitrogen and oxygen atoms in total. The van der Waals surface area contributed by atoms with Crippen molar-refractivity contribution in [3.8, 4) is 17.2 Å². The Morgan fingerprint density at radius 2 is 1.73 bits per heavy atom. The summed E-state index contributed by atoms with van der Waals surface area (Å²) in [5.41, 5.74) is 6.14. The van der Waals surface area contributed by atoms with Crippen LogP contribution in [0, 0.1) is 0 Å². The summed E-state index contributed by atoms with van der Waals surface area (Å²) in [5, 5.41) is 28.2. The summed E-state index contributed by atoms with van der Waals surface area (Å²) in [7, 11) is 0. The molecule has 1 aromatic rings. The Labute approximate surface area is 89.0 Å². The molecule has 5 N–H and O–H groups in total. The molecule has 0 saturated heterocycles. The molecule has 0 aromatic heterocycles. The second kappa shape index (κ2) is 4.89. The van der Waals surface area contributed by atoms with Crippen LogP contribution in [0.4, 0.5) is 0 Å². The lowest BCUT2D eigenvalue weighted by molar-refractivity contribution is 0.408. The van der Waals surface area contributed by atoms with Crippen LogP contribution in [-0.2, 0) is 0 Å². The molecule has 84 valence electrons. The number of rotatable bonds is 4. The van der Waals surface area contributed by atoms with E-state index in [2.05, 4.69) is 0 Å². The van der Waals surface area contributed by atoms with E-state index >= 15 is 0 Å². The molecule has 15 heavy (non-hydrogen) atoms. The molecule has 0 aliphatic carbocycles. The van der Waals surface area contributed by atoms with Crippen LogP contribution in [0.25, 0.3) is 0 Å². The molecule has 1 rings (SSSR count). The lowest BCUT2D eigenvalue weighted by Gasteiger charge is -2.15. The van der Waals surface area contributed by atoms with E-state index in [1.54, 1.807) is 0 Å². The third-order valence-electron chi connectivity index (χ3n) is 2.36. The molecule has 0 heterocycles. The molecular weight excluding hydrogens is 194 g/mol. The first-order valence-corrected chi connectivity index (χ1v) is 5.06. The molecule has 0 bridgehead atoms. The van der Waals surface area contributed by atoms with Crippen molar-refractivity contribution in [2.75, 3.05) is 0 Å². The first-order chi connectivity index (χ1) is 7.06. The fourth-order valence-corrected chi connectivity index (χ4v) is 1.56. The topological polar surface area (TPSA) is 86.7 Å². The highest BCUT2D eigenvalue weighted by molar-refractivity contribution is 5.50. The van der Waals surface area contributed by atoms with Gasteiger partial charge in [0.25, 0.3) is 0 Å². The zero-order chi connectivity index (χ0) is 11.4. The number of nitrogens with two attached hydrogens (primary N) is 1. The van der Waals surface area contributed by atoms with Crippen molar-refractivity contribution in [1.82, 2.24) is 0 Å². The molecule has 0 aliphatic rings. The normalized spacial score (nSPS) is 12.7. The Bertz CT molecular complexity index is 316. The Hall–Kier alpha value is -1.42. The minimum atomic E-state index is -0.398. The van der Waals surface area contributed by atoms with Gasteiger partial charge in [-0.05, 0) is 6.42 Å². The van der Waals surface area contributed by atoms with Gasteiger partial charge in [-0.1, -0.05) is 19.8 Å². The molecule has 0 radical (unpaired) electrons. The largest absolute Gasteiger partial charge is 0.508 e. The molecule has 1 atom stereocenters. The summed E-state index contributed by atoms with van der Waals surface area (Å²) in [4.78, 5) is 0. The third kappa shape index (κ3) is 2.76. The van der Waals surface area contributed by atoms with E-state index in [1.807, 2.05) is 6.92 Å². The van der Waals surface area contributed by atoms with E-state index in [-0.39, 0.29) is 17.2 Å². The van der Waals surface area contributed by atoms with Crippen LogP contribution in [0.3, 0.4) is 0 Å². The predicted molar refractivity (Wildman–Crippen MR) is 57.9 cm³/mol. The molecule has 4 heteroatoms. The van der Waals surface area contributed by atoms with Gasteiger partial charge < -0.3 is 21.1 Å². The van der Waals surface area contributed by atoms with Crippen LogP contribution in [-0.4, -0.2) is 15.3 Å². The van der Waals surface area contributed by atoms with Gasteiger partial charge in [-0.2, -0.15) is 0 Å². The van der Waals surface area contributed by atoms with Gasteiger partial charge in [0.05, 0.1) is 5.56 Å². The molecular formula is C11H17NO3. The number of aromatic hydroxyl groups is 3. The van der Waals surface area contributed by atoms with Gasteiger partial charge >= 0.3 is 0 Å². The average Bonchev–Trinajstić information content (AvgIpc) is 2.12. The standard InChI is InChI=1S/C11H17NO3/c1-2-3-4-8(12)11-9(14)5-7(13)6-10(11)15/h5-6,8,13-15H,2-4,12H2,1H3/t8-/m0/s1. The van der Waals surface area contributed by atoms with Gasteiger partial charge in [0.2, 0.25) is 0 Å².